The van der Waals surface area contributed by atoms with Crippen molar-refractivity contribution in [2.75, 3.05) is 12.4 Å². The molecule has 35 heavy (non-hydrogen) atoms. The zero-order valence-corrected chi connectivity index (χ0v) is 21.1. The lowest BCUT2D eigenvalue weighted by atomic mass is 9.81. The van der Waals surface area contributed by atoms with Crippen LogP contribution >= 0.6 is 0 Å². The van der Waals surface area contributed by atoms with Crippen LogP contribution in [0.5, 0.6) is 0 Å². The van der Waals surface area contributed by atoms with Gasteiger partial charge in [0, 0.05) is 18.3 Å². The number of aryl methyl sites for hydroxylation is 2. The van der Waals surface area contributed by atoms with Crippen LogP contribution in [0.1, 0.15) is 72.6 Å². The molecule has 0 bridgehead atoms. The molecule has 2 aliphatic rings. The minimum atomic E-state index is -0.417. The minimum Gasteiger partial charge on any atom is -0.355 e. The summed E-state index contributed by atoms with van der Waals surface area (Å²) in [5.74, 6) is -0.0392. The van der Waals surface area contributed by atoms with Crippen LogP contribution in [0, 0.1) is 0 Å². The predicted octanol–water partition coefficient (Wildman–Crippen LogP) is 6.17. The quantitative estimate of drug-likeness (QED) is 0.472. The molecule has 180 valence electrons. The van der Waals surface area contributed by atoms with E-state index in [1.165, 1.54) is 23.1 Å². The SMILES string of the molecule is CNC(=O)c1cccc(-c2cc(NC(=O)C3(c4ccc5c(c4)CCC5)CC3)ccc2C(C)(C)C)c1. The molecule has 0 aliphatic heterocycles. The number of benzene rings is 3. The third-order valence-electron chi connectivity index (χ3n) is 7.58. The monoisotopic (exact) mass is 466 g/mol. The van der Waals surface area contributed by atoms with Gasteiger partial charge in [0.15, 0.2) is 0 Å². The summed E-state index contributed by atoms with van der Waals surface area (Å²) < 4.78 is 0. The Morgan fingerprint density at radius 3 is 2.37 bits per heavy atom. The Bertz CT molecular complexity index is 1310. The zero-order chi connectivity index (χ0) is 24.8. The maximum Gasteiger partial charge on any atom is 0.251 e. The van der Waals surface area contributed by atoms with E-state index in [2.05, 4.69) is 61.7 Å². The molecule has 3 aromatic carbocycles. The predicted molar refractivity (Wildman–Crippen MR) is 142 cm³/mol. The smallest absolute Gasteiger partial charge is 0.251 e. The Hall–Kier alpha value is -3.40. The molecule has 0 saturated heterocycles. The van der Waals surface area contributed by atoms with Gasteiger partial charge in [-0.1, -0.05) is 57.2 Å². The van der Waals surface area contributed by atoms with Gasteiger partial charge >= 0.3 is 0 Å². The van der Waals surface area contributed by atoms with E-state index in [-0.39, 0.29) is 17.2 Å². The summed E-state index contributed by atoms with van der Waals surface area (Å²) in [5, 5.41) is 5.93. The highest BCUT2D eigenvalue weighted by atomic mass is 16.2. The van der Waals surface area contributed by atoms with Crippen LogP contribution in [-0.4, -0.2) is 18.9 Å². The Kier molecular flexibility index (Phi) is 5.79. The largest absolute Gasteiger partial charge is 0.355 e. The second-order valence-electron chi connectivity index (χ2n) is 11.0. The van der Waals surface area contributed by atoms with E-state index in [1.807, 2.05) is 30.3 Å². The van der Waals surface area contributed by atoms with Gasteiger partial charge in [-0.25, -0.2) is 0 Å². The lowest BCUT2D eigenvalue weighted by Gasteiger charge is -2.25. The summed E-state index contributed by atoms with van der Waals surface area (Å²) in [5.41, 5.74) is 8.06. The van der Waals surface area contributed by atoms with Crippen molar-refractivity contribution in [3.05, 3.63) is 88.5 Å². The molecule has 4 heteroatoms. The summed E-state index contributed by atoms with van der Waals surface area (Å²) in [7, 11) is 1.64. The maximum absolute atomic E-state index is 13.5. The highest BCUT2D eigenvalue weighted by molar-refractivity contribution is 6.02. The number of hydrogen-bond acceptors (Lipinski definition) is 2. The van der Waals surface area contributed by atoms with Gasteiger partial charge in [0.2, 0.25) is 5.91 Å². The number of fused-ring (bicyclic) bond motifs is 1. The van der Waals surface area contributed by atoms with E-state index in [0.717, 1.165) is 48.1 Å². The Morgan fingerprint density at radius 2 is 1.66 bits per heavy atom. The first-order valence-corrected chi connectivity index (χ1v) is 12.6. The summed E-state index contributed by atoms with van der Waals surface area (Å²) in [6.07, 6.45) is 5.26. The van der Waals surface area contributed by atoms with Crippen molar-refractivity contribution in [3.8, 4) is 11.1 Å². The molecule has 0 heterocycles. The Labute approximate surface area is 208 Å². The van der Waals surface area contributed by atoms with E-state index in [0.29, 0.717) is 5.56 Å². The second kappa shape index (κ2) is 8.67. The van der Waals surface area contributed by atoms with Crippen molar-refractivity contribution in [1.29, 1.82) is 0 Å². The topological polar surface area (TPSA) is 58.2 Å². The van der Waals surface area contributed by atoms with E-state index in [4.69, 9.17) is 0 Å². The van der Waals surface area contributed by atoms with Crippen molar-refractivity contribution in [3.63, 3.8) is 0 Å². The standard InChI is InChI=1S/C31H34N2O2/c1-30(2,3)27-14-13-25(19-26(27)22-9-6-10-23(17-22)28(34)32-4)33-29(35)31(15-16-31)24-12-11-20-7-5-8-21(20)18-24/h6,9-14,17-19H,5,7-8,15-16H2,1-4H3,(H,32,34)(H,33,35). The van der Waals surface area contributed by atoms with Gasteiger partial charge in [0.05, 0.1) is 5.41 Å². The second-order valence-corrected chi connectivity index (χ2v) is 11.0. The highest BCUT2D eigenvalue weighted by Crippen LogP contribution is 2.50. The number of anilines is 1. The molecule has 1 fully saturated rings. The van der Waals surface area contributed by atoms with E-state index >= 15 is 0 Å². The van der Waals surface area contributed by atoms with Crippen LogP contribution in [0.25, 0.3) is 11.1 Å². The molecule has 0 atom stereocenters. The summed E-state index contributed by atoms with van der Waals surface area (Å²) in [6.45, 7) is 6.54. The zero-order valence-electron chi connectivity index (χ0n) is 21.1. The molecule has 2 amide bonds. The van der Waals surface area contributed by atoms with Crippen molar-refractivity contribution in [2.45, 2.75) is 63.7 Å². The average Bonchev–Trinajstić information content (AvgIpc) is 3.53. The van der Waals surface area contributed by atoms with Crippen molar-refractivity contribution in [1.82, 2.24) is 5.32 Å². The molecular weight excluding hydrogens is 432 g/mol. The summed E-state index contributed by atoms with van der Waals surface area (Å²) in [4.78, 5) is 25.8. The number of rotatable bonds is 5. The van der Waals surface area contributed by atoms with Crippen LogP contribution in [0.3, 0.4) is 0 Å². The minimum absolute atomic E-state index is 0.0732. The van der Waals surface area contributed by atoms with Gasteiger partial charge in [0.25, 0.3) is 5.91 Å². The molecule has 0 unspecified atom stereocenters. The molecule has 0 radical (unpaired) electrons. The van der Waals surface area contributed by atoms with Crippen LogP contribution in [0.15, 0.2) is 60.7 Å². The number of amides is 2. The number of carbonyl (C=O) groups excluding carboxylic acids is 2. The van der Waals surface area contributed by atoms with Crippen molar-refractivity contribution < 1.29 is 9.59 Å². The lowest BCUT2D eigenvalue weighted by Crippen LogP contribution is -2.28. The molecule has 0 spiro atoms. The van der Waals surface area contributed by atoms with Gasteiger partial charge in [-0.15, -0.1) is 0 Å². The maximum atomic E-state index is 13.5. The van der Waals surface area contributed by atoms with Crippen molar-refractivity contribution in [2.24, 2.45) is 0 Å². The van der Waals surface area contributed by atoms with E-state index in [1.54, 1.807) is 7.05 Å². The average molecular weight is 467 g/mol. The Morgan fingerprint density at radius 1 is 0.886 bits per heavy atom. The summed E-state index contributed by atoms with van der Waals surface area (Å²) in [6, 6.07) is 20.5. The fourth-order valence-corrected chi connectivity index (χ4v) is 5.38. The third-order valence-corrected chi connectivity index (χ3v) is 7.58. The first kappa shape index (κ1) is 23.3. The van der Waals surface area contributed by atoms with Gasteiger partial charge in [-0.2, -0.15) is 0 Å². The first-order chi connectivity index (χ1) is 16.7. The van der Waals surface area contributed by atoms with Crippen LogP contribution in [-0.2, 0) is 28.5 Å². The highest BCUT2D eigenvalue weighted by Gasteiger charge is 2.51. The number of hydrogen-bond donors (Lipinski definition) is 2. The molecular formula is C31H34N2O2. The van der Waals surface area contributed by atoms with E-state index < -0.39 is 5.41 Å². The van der Waals surface area contributed by atoms with Crippen LogP contribution < -0.4 is 10.6 Å². The fourth-order valence-electron chi connectivity index (χ4n) is 5.38. The Balaban J connectivity index is 1.47. The normalized spacial score (nSPS) is 15.9. The van der Waals surface area contributed by atoms with Crippen LogP contribution in [0.4, 0.5) is 5.69 Å². The molecule has 0 aromatic heterocycles. The van der Waals surface area contributed by atoms with Gasteiger partial charge in [-0.05, 0) is 95.2 Å². The summed E-state index contributed by atoms with van der Waals surface area (Å²) >= 11 is 0. The van der Waals surface area contributed by atoms with Gasteiger partial charge < -0.3 is 10.6 Å². The van der Waals surface area contributed by atoms with Gasteiger partial charge in [-0.3, -0.25) is 9.59 Å². The van der Waals surface area contributed by atoms with Crippen LogP contribution in [0.2, 0.25) is 0 Å². The van der Waals surface area contributed by atoms with Crippen molar-refractivity contribution >= 4 is 17.5 Å². The fraction of sp³-hybridized carbons (Fsp3) is 0.355. The number of nitrogens with one attached hydrogen (secondary N) is 2. The molecule has 2 aliphatic carbocycles. The molecule has 5 rings (SSSR count). The molecule has 2 N–H and O–H groups in total. The van der Waals surface area contributed by atoms with Gasteiger partial charge in [0.1, 0.15) is 0 Å². The molecule has 4 nitrogen and oxygen atoms in total. The molecule has 3 aromatic rings. The first-order valence-electron chi connectivity index (χ1n) is 12.6. The number of carbonyl (C=O) groups is 2. The third kappa shape index (κ3) is 4.38. The lowest BCUT2D eigenvalue weighted by molar-refractivity contribution is -0.118. The molecule has 1 saturated carbocycles. The van der Waals surface area contributed by atoms with E-state index in [9.17, 15) is 9.59 Å².